The molecule has 0 bridgehead atoms. The average Bonchev–Trinajstić information content (AvgIpc) is 2.45. The normalized spacial score (nSPS) is 10.8. The van der Waals surface area contributed by atoms with Gasteiger partial charge in [-0.1, -0.05) is 24.3 Å². The zero-order chi connectivity index (χ0) is 15.9. The number of aliphatic imine (C=N–C) groups is 1. The summed E-state index contributed by atoms with van der Waals surface area (Å²) in [6.07, 6.45) is 0. The first-order chi connectivity index (χ1) is 10.6. The summed E-state index contributed by atoms with van der Waals surface area (Å²) in [7, 11) is 0. The first-order valence-corrected chi connectivity index (χ1v) is 7.44. The van der Waals surface area contributed by atoms with Gasteiger partial charge in [-0.15, -0.1) is 24.0 Å². The zero-order valence-corrected chi connectivity index (χ0v) is 16.1. The maximum Gasteiger partial charge on any atom is 0.193 e. The molecule has 0 aliphatic rings. The molecule has 3 N–H and O–H groups in total. The first kappa shape index (κ1) is 19.3. The van der Waals surface area contributed by atoms with E-state index in [4.69, 9.17) is 10.5 Å². The third-order valence-corrected chi connectivity index (χ3v) is 3.19. The summed E-state index contributed by atoms with van der Waals surface area (Å²) < 4.78 is 5.59. The van der Waals surface area contributed by atoms with Crippen LogP contribution in [0.3, 0.4) is 0 Å². The number of nitrogens with two attached hydrogens (primary N) is 1. The van der Waals surface area contributed by atoms with E-state index in [1.165, 1.54) is 11.1 Å². The van der Waals surface area contributed by atoms with Gasteiger partial charge in [-0.05, 0) is 50.1 Å². The van der Waals surface area contributed by atoms with Crippen LogP contribution in [0, 0.1) is 13.8 Å². The number of hydrogen-bond donors (Lipinski definition) is 2. The standard InChI is InChI=1S/C18H23N3O.HI/c1-4-22-17-8-6-5-7-15(17)12-20-18(19)21-16-10-13(2)9-14(3)11-16;/h5-11H,4,12H2,1-3H3,(H3,19,20,21);1H. The van der Waals surface area contributed by atoms with Crippen LogP contribution in [0.1, 0.15) is 23.6 Å². The Morgan fingerprint density at radius 1 is 1.13 bits per heavy atom. The molecule has 0 aliphatic carbocycles. The van der Waals surface area contributed by atoms with E-state index in [1.807, 2.05) is 43.3 Å². The number of nitrogens with zero attached hydrogens (tertiary/aromatic N) is 1. The van der Waals surface area contributed by atoms with Gasteiger partial charge in [0.15, 0.2) is 5.96 Å². The van der Waals surface area contributed by atoms with Gasteiger partial charge >= 0.3 is 0 Å². The smallest absolute Gasteiger partial charge is 0.193 e. The predicted molar refractivity (Wildman–Crippen MR) is 108 cm³/mol. The van der Waals surface area contributed by atoms with E-state index < -0.39 is 0 Å². The Morgan fingerprint density at radius 3 is 2.43 bits per heavy atom. The maximum absolute atomic E-state index is 5.98. The van der Waals surface area contributed by atoms with Gasteiger partial charge in [-0.25, -0.2) is 4.99 Å². The van der Waals surface area contributed by atoms with Crippen molar-refractivity contribution in [3.63, 3.8) is 0 Å². The predicted octanol–water partition coefficient (Wildman–Crippen LogP) is 4.25. The Balaban J connectivity index is 0.00000264. The molecule has 0 saturated carbocycles. The van der Waals surface area contributed by atoms with Crippen LogP contribution in [0.25, 0.3) is 0 Å². The number of hydrogen-bond acceptors (Lipinski definition) is 2. The van der Waals surface area contributed by atoms with Crippen molar-refractivity contribution in [2.75, 3.05) is 11.9 Å². The monoisotopic (exact) mass is 425 g/mol. The molecule has 0 aromatic heterocycles. The summed E-state index contributed by atoms with van der Waals surface area (Å²) in [5, 5.41) is 3.13. The van der Waals surface area contributed by atoms with Gasteiger partial charge in [0.25, 0.3) is 0 Å². The summed E-state index contributed by atoms with van der Waals surface area (Å²) in [5.74, 6) is 1.25. The molecule has 0 unspecified atom stereocenters. The highest BCUT2D eigenvalue weighted by molar-refractivity contribution is 14.0. The highest BCUT2D eigenvalue weighted by Gasteiger charge is 2.02. The maximum atomic E-state index is 5.98. The molecule has 0 spiro atoms. The molecule has 2 aromatic rings. The number of halogens is 1. The molecule has 23 heavy (non-hydrogen) atoms. The van der Waals surface area contributed by atoms with Crippen LogP contribution >= 0.6 is 24.0 Å². The van der Waals surface area contributed by atoms with Gasteiger partial charge in [0.2, 0.25) is 0 Å². The highest BCUT2D eigenvalue weighted by Crippen LogP contribution is 2.19. The van der Waals surface area contributed by atoms with Gasteiger partial charge in [0.1, 0.15) is 5.75 Å². The van der Waals surface area contributed by atoms with E-state index >= 15 is 0 Å². The number of ether oxygens (including phenoxy) is 1. The Bertz CT molecular complexity index is 651. The number of nitrogens with one attached hydrogen (secondary N) is 1. The number of para-hydroxylation sites is 1. The number of aryl methyl sites for hydroxylation is 2. The lowest BCUT2D eigenvalue weighted by Gasteiger charge is -2.10. The van der Waals surface area contributed by atoms with Crippen molar-refractivity contribution in [1.29, 1.82) is 0 Å². The lowest BCUT2D eigenvalue weighted by molar-refractivity contribution is 0.336. The van der Waals surface area contributed by atoms with Gasteiger partial charge in [-0.3, -0.25) is 0 Å². The molecule has 124 valence electrons. The largest absolute Gasteiger partial charge is 0.494 e. The average molecular weight is 425 g/mol. The molecule has 2 rings (SSSR count). The Morgan fingerprint density at radius 2 is 1.78 bits per heavy atom. The molecule has 0 amide bonds. The summed E-state index contributed by atoms with van der Waals surface area (Å²) in [5.41, 5.74) is 10.3. The fourth-order valence-corrected chi connectivity index (χ4v) is 2.34. The Labute approximate surface area is 155 Å². The molecular weight excluding hydrogens is 401 g/mol. The molecule has 0 heterocycles. The van der Waals surface area contributed by atoms with Gasteiger partial charge in [-0.2, -0.15) is 0 Å². The van der Waals surface area contributed by atoms with E-state index in [0.717, 1.165) is 17.0 Å². The first-order valence-electron chi connectivity index (χ1n) is 7.44. The molecule has 0 fully saturated rings. The topological polar surface area (TPSA) is 59.6 Å². The SMILES string of the molecule is CCOc1ccccc1CN=C(N)Nc1cc(C)cc(C)c1.I. The number of anilines is 1. The molecule has 5 heteroatoms. The highest BCUT2D eigenvalue weighted by atomic mass is 127. The van der Waals surface area contributed by atoms with Crippen molar-refractivity contribution in [2.45, 2.75) is 27.3 Å². The third kappa shape index (κ3) is 6.09. The van der Waals surface area contributed by atoms with Crippen LogP contribution in [0.4, 0.5) is 5.69 Å². The van der Waals surface area contributed by atoms with Crippen LogP contribution < -0.4 is 15.8 Å². The lowest BCUT2D eigenvalue weighted by atomic mass is 10.1. The van der Waals surface area contributed by atoms with Crippen LogP contribution in [-0.2, 0) is 6.54 Å². The van der Waals surface area contributed by atoms with Crippen molar-refractivity contribution in [1.82, 2.24) is 0 Å². The van der Waals surface area contributed by atoms with E-state index in [9.17, 15) is 0 Å². The second kappa shape index (κ2) is 9.39. The van der Waals surface area contributed by atoms with Crippen molar-refractivity contribution >= 4 is 35.6 Å². The molecule has 0 aliphatic heterocycles. The molecular formula is C18H24IN3O. The summed E-state index contributed by atoms with van der Waals surface area (Å²) >= 11 is 0. The lowest BCUT2D eigenvalue weighted by Crippen LogP contribution is -2.22. The van der Waals surface area contributed by atoms with Crippen molar-refractivity contribution < 1.29 is 4.74 Å². The zero-order valence-electron chi connectivity index (χ0n) is 13.8. The molecule has 0 atom stereocenters. The van der Waals surface area contributed by atoms with E-state index in [-0.39, 0.29) is 24.0 Å². The fraction of sp³-hybridized carbons (Fsp3) is 0.278. The van der Waals surface area contributed by atoms with Gasteiger partial charge in [0, 0.05) is 11.3 Å². The minimum Gasteiger partial charge on any atom is -0.494 e. The summed E-state index contributed by atoms with van der Waals surface area (Å²) in [6, 6.07) is 14.1. The molecule has 0 radical (unpaired) electrons. The quantitative estimate of drug-likeness (QED) is 0.428. The third-order valence-electron chi connectivity index (χ3n) is 3.19. The number of benzene rings is 2. The fourth-order valence-electron chi connectivity index (χ4n) is 2.34. The van der Waals surface area contributed by atoms with Crippen LogP contribution in [0.15, 0.2) is 47.5 Å². The van der Waals surface area contributed by atoms with Crippen molar-refractivity contribution in [3.05, 3.63) is 59.2 Å². The van der Waals surface area contributed by atoms with Crippen molar-refractivity contribution in [3.8, 4) is 5.75 Å². The Hall–Kier alpha value is -1.76. The van der Waals surface area contributed by atoms with E-state index in [2.05, 4.69) is 30.2 Å². The minimum atomic E-state index is 0. The van der Waals surface area contributed by atoms with Crippen molar-refractivity contribution in [2.24, 2.45) is 10.7 Å². The summed E-state index contributed by atoms with van der Waals surface area (Å²) in [4.78, 5) is 4.40. The van der Waals surface area contributed by atoms with Gasteiger partial charge < -0.3 is 15.8 Å². The van der Waals surface area contributed by atoms with E-state index in [1.54, 1.807) is 0 Å². The summed E-state index contributed by atoms with van der Waals surface area (Å²) in [6.45, 7) is 7.21. The number of rotatable bonds is 5. The van der Waals surface area contributed by atoms with Crippen LogP contribution in [0.2, 0.25) is 0 Å². The number of guanidine groups is 1. The van der Waals surface area contributed by atoms with E-state index in [0.29, 0.717) is 19.1 Å². The molecule has 0 saturated heterocycles. The van der Waals surface area contributed by atoms with Crippen LogP contribution in [0.5, 0.6) is 5.75 Å². The van der Waals surface area contributed by atoms with Crippen LogP contribution in [-0.4, -0.2) is 12.6 Å². The Kier molecular flexibility index (Phi) is 7.88. The van der Waals surface area contributed by atoms with Gasteiger partial charge in [0.05, 0.1) is 13.2 Å². The second-order valence-electron chi connectivity index (χ2n) is 5.24. The molecule has 4 nitrogen and oxygen atoms in total. The minimum absolute atomic E-state index is 0. The molecule has 2 aromatic carbocycles. The second-order valence-corrected chi connectivity index (χ2v) is 5.24.